The first-order valence-electron chi connectivity index (χ1n) is 7.13. The van der Waals surface area contributed by atoms with Crippen LogP contribution in [-0.2, 0) is 10.0 Å². The minimum Gasteiger partial charge on any atom is -0.211 e. The lowest BCUT2D eigenvalue weighted by molar-refractivity contribution is 0.401. The van der Waals surface area contributed by atoms with E-state index in [9.17, 15) is 8.42 Å². The molecule has 0 aromatic heterocycles. The summed E-state index contributed by atoms with van der Waals surface area (Å²) in [6.07, 6.45) is 5.14. The van der Waals surface area contributed by atoms with E-state index in [1.165, 1.54) is 25.7 Å². The van der Waals surface area contributed by atoms with Crippen LogP contribution in [0.4, 0.5) is 0 Å². The van der Waals surface area contributed by atoms with E-state index >= 15 is 0 Å². The maximum atomic E-state index is 12.3. The van der Waals surface area contributed by atoms with Crippen molar-refractivity contribution in [3.63, 3.8) is 0 Å². The Morgan fingerprint density at radius 3 is 2.26 bits per heavy atom. The Bertz CT molecular complexity index is 547. The van der Waals surface area contributed by atoms with Crippen molar-refractivity contribution in [1.29, 1.82) is 0 Å². The summed E-state index contributed by atoms with van der Waals surface area (Å²) in [4.78, 5) is 0.417. The molecule has 104 valence electrons. The van der Waals surface area contributed by atoms with Crippen molar-refractivity contribution < 1.29 is 8.42 Å². The van der Waals surface area contributed by atoms with E-state index in [2.05, 4.69) is 4.72 Å². The maximum absolute atomic E-state index is 12.3. The summed E-state index contributed by atoms with van der Waals surface area (Å²) in [7, 11) is -3.35. The highest BCUT2D eigenvalue weighted by Gasteiger charge is 2.41. The largest absolute Gasteiger partial charge is 0.240 e. The summed E-state index contributed by atoms with van der Waals surface area (Å²) in [6.45, 7) is 2.46. The zero-order valence-corrected chi connectivity index (χ0v) is 12.1. The average Bonchev–Trinajstić information content (AvgIpc) is 3.24. The number of aryl methyl sites for hydroxylation is 1. The second-order valence-electron chi connectivity index (χ2n) is 5.96. The van der Waals surface area contributed by atoms with Gasteiger partial charge in [0.1, 0.15) is 0 Å². The Morgan fingerprint density at radius 1 is 1.16 bits per heavy atom. The zero-order valence-electron chi connectivity index (χ0n) is 11.3. The first kappa shape index (κ1) is 13.1. The van der Waals surface area contributed by atoms with Gasteiger partial charge < -0.3 is 0 Å². The second-order valence-corrected chi connectivity index (χ2v) is 7.69. The van der Waals surface area contributed by atoms with Crippen molar-refractivity contribution in [1.82, 2.24) is 4.72 Å². The summed E-state index contributed by atoms with van der Waals surface area (Å²) in [6, 6.07) is 7.17. The van der Waals surface area contributed by atoms with Gasteiger partial charge in [-0.2, -0.15) is 0 Å². The Balaban J connectivity index is 1.69. The van der Waals surface area contributed by atoms with Gasteiger partial charge in [-0.1, -0.05) is 18.2 Å². The molecular formula is C15H21NO2S. The number of nitrogens with one attached hydrogen (secondary N) is 1. The summed E-state index contributed by atoms with van der Waals surface area (Å²) in [5.74, 6) is 2.11. The van der Waals surface area contributed by atoms with Crippen LogP contribution in [0.5, 0.6) is 0 Å². The van der Waals surface area contributed by atoms with Crippen LogP contribution in [0.1, 0.15) is 31.2 Å². The van der Waals surface area contributed by atoms with Gasteiger partial charge in [0, 0.05) is 6.54 Å². The van der Waals surface area contributed by atoms with Gasteiger partial charge in [0.2, 0.25) is 10.0 Å². The van der Waals surface area contributed by atoms with Gasteiger partial charge in [-0.15, -0.1) is 0 Å². The molecule has 3 nitrogen and oxygen atoms in total. The van der Waals surface area contributed by atoms with Crippen LogP contribution >= 0.6 is 0 Å². The fraction of sp³-hybridized carbons (Fsp3) is 0.600. The Hall–Kier alpha value is -0.870. The first-order chi connectivity index (χ1) is 9.08. The van der Waals surface area contributed by atoms with Crippen LogP contribution in [0, 0.1) is 24.7 Å². The maximum Gasteiger partial charge on any atom is 0.240 e. The fourth-order valence-corrected chi connectivity index (χ4v) is 4.23. The highest BCUT2D eigenvalue weighted by atomic mass is 32.2. The lowest BCUT2D eigenvalue weighted by Gasteiger charge is -2.17. The SMILES string of the molecule is Cc1ccccc1S(=O)(=O)NCC(C1CC1)C1CC1. The molecule has 0 heterocycles. The lowest BCUT2D eigenvalue weighted by Crippen LogP contribution is -2.31. The molecule has 2 fully saturated rings. The molecule has 0 aliphatic heterocycles. The number of hydrogen-bond acceptors (Lipinski definition) is 2. The van der Waals surface area contributed by atoms with Crippen molar-refractivity contribution in [3.8, 4) is 0 Å². The number of sulfonamides is 1. The molecule has 2 saturated carbocycles. The molecule has 4 heteroatoms. The van der Waals surface area contributed by atoms with E-state index in [-0.39, 0.29) is 0 Å². The molecule has 19 heavy (non-hydrogen) atoms. The minimum absolute atomic E-state index is 0.417. The van der Waals surface area contributed by atoms with Gasteiger partial charge in [0.15, 0.2) is 0 Å². The van der Waals surface area contributed by atoms with Crippen LogP contribution in [0.15, 0.2) is 29.2 Å². The zero-order chi connectivity index (χ0) is 13.5. The third kappa shape index (κ3) is 3.00. The standard InChI is InChI=1S/C15H21NO2S/c1-11-4-2-3-5-15(11)19(17,18)16-10-14(12-6-7-12)13-8-9-13/h2-5,12-14,16H,6-10H2,1H3. The minimum atomic E-state index is -3.35. The molecule has 0 spiro atoms. The smallest absolute Gasteiger partial charge is 0.211 e. The number of rotatable bonds is 6. The lowest BCUT2D eigenvalue weighted by atomic mass is 9.99. The van der Waals surface area contributed by atoms with Crippen LogP contribution in [0.2, 0.25) is 0 Å². The highest BCUT2D eigenvalue weighted by Crippen LogP contribution is 2.48. The highest BCUT2D eigenvalue weighted by molar-refractivity contribution is 7.89. The summed E-state index contributed by atoms with van der Waals surface area (Å²) in [5.41, 5.74) is 0.810. The Labute approximate surface area is 115 Å². The summed E-state index contributed by atoms with van der Waals surface area (Å²) < 4.78 is 27.5. The predicted molar refractivity (Wildman–Crippen MR) is 75.3 cm³/mol. The molecule has 1 aromatic rings. The second kappa shape index (κ2) is 4.91. The molecule has 0 bridgehead atoms. The molecule has 3 rings (SSSR count). The van der Waals surface area contributed by atoms with E-state index in [0.29, 0.717) is 17.4 Å². The molecule has 2 aliphatic rings. The molecule has 2 aliphatic carbocycles. The van der Waals surface area contributed by atoms with E-state index < -0.39 is 10.0 Å². The van der Waals surface area contributed by atoms with Gasteiger partial charge in [0.25, 0.3) is 0 Å². The van der Waals surface area contributed by atoms with E-state index in [1.807, 2.05) is 19.1 Å². The van der Waals surface area contributed by atoms with Gasteiger partial charge in [0.05, 0.1) is 4.90 Å². The molecule has 0 saturated heterocycles. The Morgan fingerprint density at radius 2 is 1.74 bits per heavy atom. The monoisotopic (exact) mass is 279 g/mol. The predicted octanol–water partition coefficient (Wildman–Crippen LogP) is 2.71. The van der Waals surface area contributed by atoms with E-state index in [0.717, 1.165) is 17.4 Å². The van der Waals surface area contributed by atoms with Crippen molar-refractivity contribution >= 4 is 10.0 Å². The molecular weight excluding hydrogens is 258 g/mol. The fourth-order valence-electron chi connectivity index (χ4n) is 2.91. The van der Waals surface area contributed by atoms with Gasteiger partial charge in [-0.25, -0.2) is 13.1 Å². The van der Waals surface area contributed by atoms with Crippen molar-refractivity contribution in [3.05, 3.63) is 29.8 Å². The van der Waals surface area contributed by atoms with Gasteiger partial charge in [-0.3, -0.25) is 0 Å². The molecule has 1 N–H and O–H groups in total. The molecule has 0 atom stereocenters. The van der Waals surface area contributed by atoms with Crippen molar-refractivity contribution in [2.45, 2.75) is 37.5 Å². The van der Waals surface area contributed by atoms with Gasteiger partial charge in [-0.05, 0) is 62.0 Å². The molecule has 1 aromatic carbocycles. The van der Waals surface area contributed by atoms with Crippen LogP contribution in [0.25, 0.3) is 0 Å². The molecule has 0 unspecified atom stereocenters. The van der Waals surface area contributed by atoms with E-state index in [1.54, 1.807) is 12.1 Å². The topological polar surface area (TPSA) is 46.2 Å². The number of benzene rings is 1. The quantitative estimate of drug-likeness (QED) is 0.870. The summed E-state index contributed by atoms with van der Waals surface area (Å²) >= 11 is 0. The van der Waals surface area contributed by atoms with Gasteiger partial charge >= 0.3 is 0 Å². The molecule has 0 amide bonds. The summed E-state index contributed by atoms with van der Waals surface area (Å²) in [5, 5.41) is 0. The van der Waals surface area contributed by atoms with Crippen LogP contribution in [0.3, 0.4) is 0 Å². The third-order valence-electron chi connectivity index (χ3n) is 4.35. The Kier molecular flexibility index (Phi) is 3.39. The van der Waals surface area contributed by atoms with E-state index in [4.69, 9.17) is 0 Å². The third-order valence-corrected chi connectivity index (χ3v) is 5.93. The van der Waals surface area contributed by atoms with Crippen molar-refractivity contribution in [2.75, 3.05) is 6.54 Å². The number of hydrogen-bond donors (Lipinski definition) is 1. The van der Waals surface area contributed by atoms with Crippen molar-refractivity contribution in [2.24, 2.45) is 17.8 Å². The first-order valence-corrected chi connectivity index (χ1v) is 8.61. The average molecular weight is 279 g/mol. The van der Waals surface area contributed by atoms with Crippen LogP contribution in [-0.4, -0.2) is 15.0 Å². The van der Waals surface area contributed by atoms with Crippen LogP contribution < -0.4 is 4.72 Å². The normalized spacial score (nSPS) is 19.9. The molecule has 0 radical (unpaired) electrons.